The van der Waals surface area contributed by atoms with Crippen LogP contribution >= 0.6 is 0 Å². The minimum atomic E-state index is -1.13. The molecule has 186 valence electrons. The molecule has 2 aliphatic carbocycles. The van der Waals surface area contributed by atoms with Gasteiger partial charge in [-0.1, -0.05) is 54.6 Å². The van der Waals surface area contributed by atoms with Gasteiger partial charge in [-0.25, -0.2) is 0 Å². The second-order valence-electron chi connectivity index (χ2n) is 9.73. The van der Waals surface area contributed by atoms with Gasteiger partial charge in [-0.3, -0.25) is 14.4 Å². The average molecular weight is 498 g/mol. The van der Waals surface area contributed by atoms with Crippen molar-refractivity contribution in [2.75, 3.05) is 0 Å². The number of carbonyl (C=O) groups is 3. The summed E-state index contributed by atoms with van der Waals surface area (Å²) < 4.78 is 18.3. The van der Waals surface area contributed by atoms with Crippen molar-refractivity contribution in [1.29, 1.82) is 0 Å². The van der Waals surface area contributed by atoms with Crippen LogP contribution in [0.15, 0.2) is 54.6 Å². The lowest BCUT2D eigenvalue weighted by Crippen LogP contribution is -2.60. The summed E-state index contributed by atoms with van der Waals surface area (Å²) in [4.78, 5) is 38.7. The van der Waals surface area contributed by atoms with Gasteiger partial charge in [0.1, 0.15) is 17.6 Å². The molecular weight excluding hydrogens is 475 g/mol. The Kier molecular flexibility index (Phi) is 5.26. The lowest BCUT2D eigenvalue weighted by atomic mass is 9.66. The number of carbonyl (C=O) groups excluding carboxylic acids is 3. The largest absolute Gasteiger partial charge is 0.507 e. The number of esters is 1. The maximum atomic E-state index is 13.4. The molecule has 0 amide bonds. The van der Waals surface area contributed by atoms with Crippen molar-refractivity contribution in [3.8, 4) is 11.5 Å². The predicted octanol–water partition coefficient (Wildman–Crippen LogP) is 2.99. The second-order valence-corrected chi connectivity index (χ2v) is 9.73. The van der Waals surface area contributed by atoms with Gasteiger partial charge in [-0.2, -0.15) is 0 Å². The Balaban J connectivity index is 1.55. The first-order valence-electron chi connectivity index (χ1n) is 12.1. The van der Waals surface area contributed by atoms with Gasteiger partial charge in [0.05, 0.1) is 22.8 Å². The fourth-order valence-electron chi connectivity index (χ4n) is 5.81. The molecule has 3 aliphatic rings. The number of benzene rings is 3. The molecular formula is C28H23BO8. The Morgan fingerprint density at radius 2 is 1.59 bits per heavy atom. The molecule has 0 aromatic heterocycles. The zero-order valence-corrected chi connectivity index (χ0v) is 20.2. The van der Waals surface area contributed by atoms with Crippen molar-refractivity contribution < 1.29 is 38.6 Å². The Morgan fingerprint density at radius 1 is 1.00 bits per heavy atom. The van der Waals surface area contributed by atoms with E-state index in [0.29, 0.717) is 0 Å². The van der Waals surface area contributed by atoms with Gasteiger partial charge in [0.2, 0.25) is 0 Å². The van der Waals surface area contributed by atoms with Gasteiger partial charge >= 0.3 is 13.1 Å². The number of ether oxygens (including phenoxy) is 1. The number of fused-ring (bicyclic) bond motifs is 6. The Hall–Kier alpha value is -3.95. The van der Waals surface area contributed by atoms with Crippen molar-refractivity contribution >= 4 is 30.1 Å². The molecule has 1 heterocycles. The standard InChI is InChI=1S/C28H23BO8/c1-14(35-15(2)30)28-12-19-21(20(13-28)36-29(37-28)16-8-4-3-5-9-16)27(34)23-22(26(19)33)24(31)17-10-6-7-11-18(17)25(23)32/h3-11,14,20,33-34H,12-13H2,1-2H3/t14-,20+,28+/m1/s1. The molecule has 6 rings (SSSR count). The summed E-state index contributed by atoms with van der Waals surface area (Å²) in [7, 11) is -0.859. The monoisotopic (exact) mass is 498 g/mol. The molecule has 2 bridgehead atoms. The van der Waals surface area contributed by atoms with Crippen LogP contribution in [0.25, 0.3) is 0 Å². The molecule has 0 saturated carbocycles. The smallest absolute Gasteiger partial charge is 0.494 e. The maximum absolute atomic E-state index is 13.4. The SMILES string of the molecule is CC(=O)O[C@H](C)[C@]12Cc3c(O)c4c(c(O)c3[C@H](C1)OB(c1ccccc1)O2)C(=O)c1ccccc1C4=O. The molecule has 1 saturated heterocycles. The number of hydrogen-bond donors (Lipinski definition) is 2. The first-order valence-corrected chi connectivity index (χ1v) is 12.1. The molecule has 9 heteroatoms. The summed E-state index contributed by atoms with van der Waals surface area (Å²) in [5, 5.41) is 22.9. The fraction of sp³-hybridized carbons (Fsp3) is 0.250. The van der Waals surface area contributed by atoms with E-state index in [4.69, 9.17) is 14.0 Å². The molecule has 3 aromatic rings. The van der Waals surface area contributed by atoms with E-state index in [-0.39, 0.29) is 52.0 Å². The molecule has 0 spiro atoms. The van der Waals surface area contributed by atoms with Crippen LogP contribution in [0, 0.1) is 0 Å². The quantitative estimate of drug-likeness (QED) is 0.252. The van der Waals surface area contributed by atoms with Crippen molar-refractivity contribution in [1.82, 2.24) is 0 Å². The normalized spacial score (nSPS) is 22.5. The molecule has 1 aliphatic heterocycles. The molecule has 0 unspecified atom stereocenters. The van der Waals surface area contributed by atoms with Crippen molar-refractivity contribution in [3.05, 3.63) is 88.0 Å². The minimum Gasteiger partial charge on any atom is -0.507 e. The van der Waals surface area contributed by atoms with E-state index in [2.05, 4.69) is 0 Å². The maximum Gasteiger partial charge on any atom is 0.494 e. The summed E-state index contributed by atoms with van der Waals surface area (Å²) in [5.74, 6) is -2.38. The fourth-order valence-corrected chi connectivity index (χ4v) is 5.81. The van der Waals surface area contributed by atoms with Crippen LogP contribution in [0.5, 0.6) is 11.5 Å². The van der Waals surface area contributed by atoms with Gasteiger partial charge in [0.25, 0.3) is 0 Å². The van der Waals surface area contributed by atoms with E-state index in [9.17, 15) is 24.6 Å². The number of ketones is 2. The molecule has 3 aromatic carbocycles. The van der Waals surface area contributed by atoms with Crippen LogP contribution in [0.4, 0.5) is 0 Å². The average Bonchev–Trinajstić information content (AvgIpc) is 2.89. The third-order valence-electron chi connectivity index (χ3n) is 7.57. The number of aromatic hydroxyl groups is 2. The molecule has 0 radical (unpaired) electrons. The van der Waals surface area contributed by atoms with Crippen molar-refractivity contribution in [2.45, 2.75) is 44.5 Å². The first kappa shape index (κ1) is 23.5. The predicted molar refractivity (Wildman–Crippen MR) is 132 cm³/mol. The molecule has 8 nitrogen and oxygen atoms in total. The van der Waals surface area contributed by atoms with Crippen molar-refractivity contribution in [3.63, 3.8) is 0 Å². The van der Waals surface area contributed by atoms with Gasteiger partial charge in [0, 0.05) is 42.0 Å². The van der Waals surface area contributed by atoms with E-state index in [1.807, 2.05) is 30.3 Å². The Morgan fingerprint density at radius 3 is 2.22 bits per heavy atom. The minimum absolute atomic E-state index is 0.0236. The van der Waals surface area contributed by atoms with Crippen LogP contribution in [0.2, 0.25) is 0 Å². The zero-order valence-electron chi connectivity index (χ0n) is 20.2. The lowest BCUT2D eigenvalue weighted by molar-refractivity contribution is -0.171. The van der Waals surface area contributed by atoms with Crippen LogP contribution in [0.3, 0.4) is 0 Å². The van der Waals surface area contributed by atoms with Gasteiger partial charge in [-0.05, 0) is 12.4 Å². The van der Waals surface area contributed by atoms with Crippen LogP contribution in [-0.2, 0) is 25.3 Å². The first-order chi connectivity index (χ1) is 17.7. The number of phenols is 2. The summed E-state index contributed by atoms with van der Waals surface area (Å²) in [5.41, 5.74) is -0.0766. The van der Waals surface area contributed by atoms with E-state index in [1.165, 1.54) is 19.1 Å². The number of hydrogen-bond acceptors (Lipinski definition) is 8. The highest BCUT2D eigenvalue weighted by molar-refractivity contribution is 6.61. The van der Waals surface area contributed by atoms with Gasteiger partial charge in [0.15, 0.2) is 11.6 Å². The van der Waals surface area contributed by atoms with E-state index in [0.717, 1.165) is 5.46 Å². The zero-order chi connectivity index (χ0) is 26.1. The van der Waals surface area contributed by atoms with Crippen molar-refractivity contribution in [2.24, 2.45) is 0 Å². The summed E-state index contributed by atoms with van der Waals surface area (Å²) >= 11 is 0. The van der Waals surface area contributed by atoms with Gasteiger partial charge < -0.3 is 24.3 Å². The third-order valence-corrected chi connectivity index (χ3v) is 7.57. The Bertz CT molecular complexity index is 1480. The topological polar surface area (TPSA) is 119 Å². The van der Waals surface area contributed by atoms with Crippen LogP contribution in [0.1, 0.15) is 69.3 Å². The number of phenolic OH excluding ortho intramolecular Hbond substituents is 2. The molecule has 3 atom stereocenters. The highest BCUT2D eigenvalue weighted by Crippen LogP contribution is 2.54. The molecule has 37 heavy (non-hydrogen) atoms. The summed E-state index contributed by atoms with van der Waals surface area (Å²) in [6, 6.07) is 15.5. The lowest BCUT2D eigenvalue weighted by Gasteiger charge is -2.50. The highest BCUT2D eigenvalue weighted by Gasteiger charge is 2.56. The van der Waals surface area contributed by atoms with Crippen LogP contribution < -0.4 is 5.46 Å². The van der Waals surface area contributed by atoms with Crippen LogP contribution in [-0.4, -0.2) is 46.6 Å². The highest BCUT2D eigenvalue weighted by atomic mass is 16.6. The van der Waals surface area contributed by atoms with E-state index in [1.54, 1.807) is 19.1 Å². The third kappa shape index (κ3) is 3.42. The molecule has 2 N–H and O–H groups in total. The van der Waals surface area contributed by atoms with E-state index >= 15 is 0 Å². The molecule has 1 fully saturated rings. The van der Waals surface area contributed by atoms with Gasteiger partial charge in [-0.15, -0.1) is 0 Å². The second kappa shape index (κ2) is 8.29. The Labute approximate surface area is 212 Å². The summed E-state index contributed by atoms with van der Waals surface area (Å²) in [6.07, 6.45) is -1.33. The summed E-state index contributed by atoms with van der Waals surface area (Å²) in [6.45, 7) is 3.01. The van der Waals surface area contributed by atoms with E-state index < -0.39 is 48.2 Å². The number of rotatable bonds is 3.